The number of thioether (sulfide) groups is 1. The zero-order chi connectivity index (χ0) is 11.2. The SMILES string of the molecule is CC(C)C(C)SCCCNC(C)(C)C. The van der Waals surface area contributed by atoms with Crippen molar-refractivity contribution >= 4 is 11.8 Å². The zero-order valence-electron chi connectivity index (χ0n) is 10.7. The van der Waals surface area contributed by atoms with Crippen LogP contribution >= 0.6 is 11.8 Å². The van der Waals surface area contributed by atoms with Gasteiger partial charge in [0.15, 0.2) is 0 Å². The molecule has 14 heavy (non-hydrogen) atoms. The number of hydrogen-bond donors (Lipinski definition) is 1. The van der Waals surface area contributed by atoms with E-state index in [0.717, 1.165) is 17.7 Å². The fourth-order valence-corrected chi connectivity index (χ4v) is 2.06. The maximum Gasteiger partial charge on any atom is 0.00965 e. The topological polar surface area (TPSA) is 12.0 Å². The first-order valence-corrected chi connectivity index (χ1v) is 6.74. The van der Waals surface area contributed by atoms with E-state index in [2.05, 4.69) is 58.6 Å². The number of hydrogen-bond acceptors (Lipinski definition) is 2. The molecule has 0 aromatic carbocycles. The third-order valence-corrected chi connectivity index (χ3v) is 3.89. The van der Waals surface area contributed by atoms with Crippen LogP contribution in [0.3, 0.4) is 0 Å². The van der Waals surface area contributed by atoms with Crippen molar-refractivity contribution in [1.82, 2.24) is 5.32 Å². The van der Waals surface area contributed by atoms with E-state index in [1.54, 1.807) is 0 Å². The van der Waals surface area contributed by atoms with Crippen LogP contribution in [0.5, 0.6) is 0 Å². The zero-order valence-corrected chi connectivity index (χ0v) is 11.5. The van der Waals surface area contributed by atoms with Crippen molar-refractivity contribution < 1.29 is 0 Å². The average Bonchev–Trinajstić information content (AvgIpc) is 2.01. The molecule has 1 N–H and O–H groups in total. The summed E-state index contributed by atoms with van der Waals surface area (Å²) >= 11 is 2.10. The van der Waals surface area contributed by atoms with Crippen molar-refractivity contribution in [3.63, 3.8) is 0 Å². The van der Waals surface area contributed by atoms with Gasteiger partial charge in [0, 0.05) is 10.8 Å². The second-order valence-electron chi connectivity index (χ2n) is 5.35. The van der Waals surface area contributed by atoms with E-state index in [1.807, 2.05) is 0 Å². The highest BCUT2D eigenvalue weighted by Crippen LogP contribution is 2.18. The van der Waals surface area contributed by atoms with Gasteiger partial charge in [-0.2, -0.15) is 11.8 Å². The molecule has 0 aliphatic rings. The largest absolute Gasteiger partial charge is 0.312 e. The normalized spacial score (nSPS) is 14.8. The molecule has 1 atom stereocenters. The van der Waals surface area contributed by atoms with E-state index in [1.165, 1.54) is 12.2 Å². The van der Waals surface area contributed by atoms with Crippen molar-refractivity contribution in [3.05, 3.63) is 0 Å². The van der Waals surface area contributed by atoms with Gasteiger partial charge in [0.2, 0.25) is 0 Å². The van der Waals surface area contributed by atoms with E-state index in [-0.39, 0.29) is 5.54 Å². The molecule has 0 aromatic heterocycles. The monoisotopic (exact) mass is 217 g/mol. The molecule has 0 heterocycles. The van der Waals surface area contributed by atoms with Gasteiger partial charge in [-0.1, -0.05) is 20.8 Å². The quantitative estimate of drug-likeness (QED) is 0.683. The smallest absolute Gasteiger partial charge is 0.00965 e. The molecule has 1 nitrogen and oxygen atoms in total. The Morgan fingerprint density at radius 3 is 2.14 bits per heavy atom. The van der Waals surface area contributed by atoms with Crippen LogP contribution in [-0.4, -0.2) is 23.1 Å². The van der Waals surface area contributed by atoms with Gasteiger partial charge in [-0.3, -0.25) is 0 Å². The molecule has 0 spiro atoms. The molecule has 0 aromatic rings. The highest BCUT2D eigenvalue weighted by molar-refractivity contribution is 7.99. The molecule has 0 radical (unpaired) electrons. The molecular formula is C12H27NS. The lowest BCUT2D eigenvalue weighted by Crippen LogP contribution is -2.36. The Morgan fingerprint density at radius 2 is 1.71 bits per heavy atom. The minimum Gasteiger partial charge on any atom is -0.312 e. The van der Waals surface area contributed by atoms with Crippen LogP contribution in [-0.2, 0) is 0 Å². The van der Waals surface area contributed by atoms with Gasteiger partial charge in [0.05, 0.1) is 0 Å². The Morgan fingerprint density at radius 1 is 1.14 bits per heavy atom. The van der Waals surface area contributed by atoms with Crippen LogP contribution in [0, 0.1) is 5.92 Å². The molecule has 0 aliphatic heterocycles. The summed E-state index contributed by atoms with van der Waals surface area (Å²) < 4.78 is 0. The Labute approximate surface area is 94.4 Å². The third-order valence-electron chi connectivity index (χ3n) is 2.30. The van der Waals surface area contributed by atoms with Crippen molar-refractivity contribution in [2.45, 2.75) is 58.8 Å². The van der Waals surface area contributed by atoms with Gasteiger partial charge in [-0.25, -0.2) is 0 Å². The highest BCUT2D eigenvalue weighted by atomic mass is 32.2. The Bertz CT molecular complexity index is 138. The summed E-state index contributed by atoms with van der Waals surface area (Å²) in [7, 11) is 0. The number of rotatable bonds is 6. The van der Waals surface area contributed by atoms with Crippen molar-refractivity contribution in [1.29, 1.82) is 0 Å². The standard InChI is InChI=1S/C12H27NS/c1-10(2)11(3)14-9-7-8-13-12(4,5)6/h10-11,13H,7-9H2,1-6H3. The summed E-state index contributed by atoms with van der Waals surface area (Å²) in [6, 6.07) is 0. The molecule has 0 saturated heterocycles. The van der Waals surface area contributed by atoms with Gasteiger partial charge in [-0.15, -0.1) is 0 Å². The molecular weight excluding hydrogens is 190 g/mol. The maximum absolute atomic E-state index is 3.51. The van der Waals surface area contributed by atoms with E-state index >= 15 is 0 Å². The molecule has 1 unspecified atom stereocenters. The summed E-state index contributed by atoms with van der Waals surface area (Å²) in [5.74, 6) is 2.08. The molecule has 0 saturated carbocycles. The molecule has 0 bridgehead atoms. The van der Waals surface area contributed by atoms with Gasteiger partial charge in [-0.05, 0) is 45.4 Å². The van der Waals surface area contributed by atoms with E-state index < -0.39 is 0 Å². The van der Waals surface area contributed by atoms with Gasteiger partial charge in [0.1, 0.15) is 0 Å². The second-order valence-corrected chi connectivity index (χ2v) is 6.84. The van der Waals surface area contributed by atoms with E-state index in [0.29, 0.717) is 0 Å². The van der Waals surface area contributed by atoms with Gasteiger partial charge < -0.3 is 5.32 Å². The van der Waals surface area contributed by atoms with Crippen LogP contribution in [0.1, 0.15) is 48.0 Å². The predicted molar refractivity (Wildman–Crippen MR) is 69.1 cm³/mol. The first-order chi connectivity index (χ1) is 6.33. The number of nitrogens with one attached hydrogen (secondary N) is 1. The minimum absolute atomic E-state index is 0.272. The Kier molecular flexibility index (Phi) is 6.88. The predicted octanol–water partition coefficient (Wildman–Crippen LogP) is 3.54. The summed E-state index contributed by atoms with van der Waals surface area (Å²) in [5.41, 5.74) is 0.272. The lowest BCUT2D eigenvalue weighted by atomic mass is 10.1. The van der Waals surface area contributed by atoms with Crippen LogP contribution in [0.15, 0.2) is 0 Å². The maximum atomic E-state index is 3.51. The third kappa shape index (κ3) is 8.89. The summed E-state index contributed by atoms with van der Waals surface area (Å²) in [4.78, 5) is 0. The first-order valence-electron chi connectivity index (χ1n) is 5.69. The molecule has 0 aliphatic carbocycles. The van der Waals surface area contributed by atoms with Crippen molar-refractivity contribution in [2.75, 3.05) is 12.3 Å². The van der Waals surface area contributed by atoms with E-state index in [9.17, 15) is 0 Å². The highest BCUT2D eigenvalue weighted by Gasteiger charge is 2.09. The minimum atomic E-state index is 0.272. The summed E-state index contributed by atoms with van der Waals surface area (Å²) in [6.45, 7) is 14.7. The van der Waals surface area contributed by atoms with Gasteiger partial charge >= 0.3 is 0 Å². The van der Waals surface area contributed by atoms with Crippen LogP contribution in [0.4, 0.5) is 0 Å². The summed E-state index contributed by atoms with van der Waals surface area (Å²) in [5, 5.41) is 4.31. The Balaban J connectivity index is 3.30. The molecule has 0 fully saturated rings. The van der Waals surface area contributed by atoms with Crippen LogP contribution < -0.4 is 5.32 Å². The van der Waals surface area contributed by atoms with Crippen LogP contribution in [0.25, 0.3) is 0 Å². The fraction of sp³-hybridized carbons (Fsp3) is 1.00. The fourth-order valence-electron chi connectivity index (χ4n) is 0.997. The average molecular weight is 217 g/mol. The lowest BCUT2D eigenvalue weighted by molar-refractivity contribution is 0.427. The second kappa shape index (κ2) is 6.73. The molecule has 0 amide bonds. The van der Waals surface area contributed by atoms with Gasteiger partial charge in [0.25, 0.3) is 0 Å². The lowest BCUT2D eigenvalue weighted by Gasteiger charge is -2.21. The van der Waals surface area contributed by atoms with Crippen molar-refractivity contribution in [3.8, 4) is 0 Å². The summed E-state index contributed by atoms with van der Waals surface area (Å²) in [6.07, 6.45) is 1.28. The molecule has 0 rings (SSSR count). The van der Waals surface area contributed by atoms with Crippen molar-refractivity contribution in [2.24, 2.45) is 5.92 Å². The molecule has 2 heteroatoms. The molecule has 86 valence electrons. The first kappa shape index (κ1) is 14.3. The Hall–Kier alpha value is 0.310. The van der Waals surface area contributed by atoms with Crippen LogP contribution in [0.2, 0.25) is 0 Å². The van der Waals surface area contributed by atoms with E-state index in [4.69, 9.17) is 0 Å².